The number of likely N-dealkylation sites (N-methyl/N-ethyl adjacent to an activating group) is 1. The third kappa shape index (κ3) is 3.89. The van der Waals surface area contributed by atoms with Crippen LogP contribution in [0.1, 0.15) is 19.4 Å². The summed E-state index contributed by atoms with van der Waals surface area (Å²) in [5.41, 5.74) is 0.820. The number of carbonyl (C=O) groups excluding carboxylic acids is 1. The van der Waals surface area contributed by atoms with E-state index in [-0.39, 0.29) is 12.5 Å². The van der Waals surface area contributed by atoms with Crippen molar-refractivity contribution in [3.05, 3.63) is 28.7 Å². The molecule has 1 saturated heterocycles. The van der Waals surface area contributed by atoms with E-state index in [2.05, 4.69) is 4.99 Å². The minimum atomic E-state index is -0.0482. The second kappa shape index (κ2) is 8.41. The molecule has 0 bridgehead atoms. The molecule has 1 aromatic carbocycles. The maximum Gasteiger partial charge on any atom is 0.266 e. The van der Waals surface area contributed by atoms with E-state index in [0.29, 0.717) is 29.5 Å². The summed E-state index contributed by atoms with van der Waals surface area (Å²) in [5, 5.41) is 9.33. The topological polar surface area (TPSA) is 74.9 Å². The molecule has 1 amide bonds. The van der Waals surface area contributed by atoms with Gasteiger partial charge in [-0.1, -0.05) is 6.07 Å². The Morgan fingerprint density at radius 2 is 2.17 bits per heavy atom. The summed E-state index contributed by atoms with van der Waals surface area (Å²) in [4.78, 5) is 19.1. The molecule has 0 saturated carbocycles. The van der Waals surface area contributed by atoms with Crippen LogP contribution in [0, 0.1) is 11.3 Å². The normalized spacial score (nSPS) is 17.4. The van der Waals surface area contributed by atoms with Gasteiger partial charge in [-0.3, -0.25) is 14.7 Å². The van der Waals surface area contributed by atoms with E-state index in [0.717, 1.165) is 10.7 Å². The minimum absolute atomic E-state index is 0.0431. The molecule has 126 valence electrons. The molecule has 24 heavy (non-hydrogen) atoms. The van der Waals surface area contributed by atoms with Crippen molar-refractivity contribution in [1.29, 1.82) is 5.26 Å². The number of rotatable bonds is 6. The average Bonchev–Trinajstić information content (AvgIpc) is 2.88. The molecule has 1 aliphatic rings. The van der Waals surface area contributed by atoms with E-state index in [9.17, 15) is 4.79 Å². The predicted molar refractivity (Wildman–Crippen MR) is 95.0 cm³/mol. The number of hydrogen-bond acceptors (Lipinski definition) is 6. The Morgan fingerprint density at radius 3 is 2.79 bits per heavy atom. The zero-order chi connectivity index (χ0) is 17.5. The van der Waals surface area contributed by atoms with Gasteiger partial charge < -0.3 is 9.47 Å². The zero-order valence-corrected chi connectivity index (χ0v) is 14.7. The van der Waals surface area contributed by atoms with Crippen LogP contribution in [0.15, 0.2) is 28.1 Å². The van der Waals surface area contributed by atoms with Crippen LogP contribution in [-0.4, -0.2) is 42.8 Å². The molecule has 0 atom stereocenters. The standard InChI is InChI=1S/C17H19N3O3S/c1-4-19-17-20(5-2)16(21)15(24-17)11-12-6-7-13(23-9-8-18)14(10-12)22-3/h6-7,10-11H,4-5,9H2,1-3H3/b15-11-,19-17?. The third-order valence-corrected chi connectivity index (χ3v) is 4.32. The lowest BCUT2D eigenvalue weighted by Gasteiger charge is -2.11. The highest BCUT2D eigenvalue weighted by atomic mass is 32.2. The van der Waals surface area contributed by atoms with Crippen LogP contribution in [0.3, 0.4) is 0 Å². The van der Waals surface area contributed by atoms with E-state index in [1.54, 1.807) is 17.0 Å². The summed E-state index contributed by atoms with van der Waals surface area (Å²) < 4.78 is 10.6. The van der Waals surface area contributed by atoms with Gasteiger partial charge in [-0.2, -0.15) is 5.26 Å². The fourth-order valence-electron chi connectivity index (χ4n) is 2.19. The minimum Gasteiger partial charge on any atom is -0.493 e. The highest BCUT2D eigenvalue weighted by Crippen LogP contribution is 2.34. The Bertz CT molecular complexity index is 722. The molecule has 0 unspecified atom stereocenters. The average molecular weight is 345 g/mol. The van der Waals surface area contributed by atoms with Gasteiger partial charge in [0.05, 0.1) is 12.0 Å². The quantitative estimate of drug-likeness (QED) is 0.741. The second-order valence-corrected chi connectivity index (χ2v) is 5.78. The lowest BCUT2D eigenvalue weighted by atomic mass is 10.2. The summed E-state index contributed by atoms with van der Waals surface area (Å²) >= 11 is 1.37. The Morgan fingerprint density at radius 1 is 1.38 bits per heavy atom. The summed E-state index contributed by atoms with van der Waals surface area (Å²) in [7, 11) is 1.53. The number of ether oxygens (including phenoxy) is 2. The lowest BCUT2D eigenvalue weighted by Crippen LogP contribution is -2.28. The number of nitrogens with zero attached hydrogens (tertiary/aromatic N) is 3. The molecule has 7 heteroatoms. The van der Waals surface area contributed by atoms with Gasteiger partial charge in [-0.15, -0.1) is 0 Å². The number of methoxy groups -OCH3 is 1. The Balaban J connectivity index is 2.29. The van der Waals surface area contributed by atoms with E-state index >= 15 is 0 Å². The first-order chi connectivity index (χ1) is 11.6. The Labute approximate surface area is 145 Å². The van der Waals surface area contributed by atoms with E-state index in [1.165, 1.54) is 18.9 Å². The van der Waals surface area contributed by atoms with Crippen LogP contribution < -0.4 is 9.47 Å². The first-order valence-corrected chi connectivity index (χ1v) is 8.39. The van der Waals surface area contributed by atoms with Gasteiger partial charge in [0, 0.05) is 13.1 Å². The van der Waals surface area contributed by atoms with Crippen molar-refractivity contribution >= 4 is 28.9 Å². The van der Waals surface area contributed by atoms with Crippen molar-refractivity contribution in [2.45, 2.75) is 13.8 Å². The molecular weight excluding hydrogens is 326 g/mol. The van der Waals surface area contributed by atoms with Crippen LogP contribution in [0.25, 0.3) is 6.08 Å². The van der Waals surface area contributed by atoms with Crippen molar-refractivity contribution in [2.24, 2.45) is 4.99 Å². The molecule has 0 spiro atoms. The van der Waals surface area contributed by atoms with Gasteiger partial charge >= 0.3 is 0 Å². The molecule has 0 aromatic heterocycles. The molecule has 1 aliphatic heterocycles. The molecule has 0 aliphatic carbocycles. The number of nitriles is 1. The monoisotopic (exact) mass is 345 g/mol. The van der Waals surface area contributed by atoms with Gasteiger partial charge in [-0.05, 0) is 49.4 Å². The van der Waals surface area contributed by atoms with Crippen LogP contribution in [-0.2, 0) is 4.79 Å². The molecule has 0 N–H and O–H groups in total. The van der Waals surface area contributed by atoms with Gasteiger partial charge in [0.2, 0.25) is 0 Å². The van der Waals surface area contributed by atoms with Crippen LogP contribution >= 0.6 is 11.8 Å². The number of aliphatic imine (C=N–C) groups is 1. The molecule has 6 nitrogen and oxygen atoms in total. The first kappa shape index (κ1) is 17.9. The van der Waals surface area contributed by atoms with Crippen molar-refractivity contribution < 1.29 is 14.3 Å². The van der Waals surface area contributed by atoms with Crippen molar-refractivity contribution in [3.8, 4) is 17.6 Å². The van der Waals surface area contributed by atoms with E-state index < -0.39 is 0 Å². The van der Waals surface area contributed by atoms with Crippen LogP contribution in [0.4, 0.5) is 0 Å². The molecule has 1 aromatic rings. The van der Waals surface area contributed by atoms with Crippen molar-refractivity contribution in [3.63, 3.8) is 0 Å². The largest absolute Gasteiger partial charge is 0.493 e. The molecule has 1 fully saturated rings. The number of benzene rings is 1. The fraction of sp³-hybridized carbons (Fsp3) is 0.353. The summed E-state index contributed by atoms with van der Waals surface area (Å²) in [6, 6.07) is 7.24. The van der Waals surface area contributed by atoms with Crippen LogP contribution in [0.2, 0.25) is 0 Å². The number of amides is 1. The maximum absolute atomic E-state index is 12.5. The zero-order valence-electron chi connectivity index (χ0n) is 13.9. The molecular formula is C17H19N3O3S. The maximum atomic E-state index is 12.5. The summed E-state index contributed by atoms with van der Waals surface area (Å²) in [6.07, 6.45) is 1.81. The molecule has 0 radical (unpaired) electrons. The lowest BCUT2D eigenvalue weighted by molar-refractivity contribution is -0.122. The SMILES string of the molecule is CCN=C1S/C(=C\c2ccc(OCC#N)c(OC)c2)C(=O)N1CC. The van der Waals surface area contributed by atoms with E-state index in [1.807, 2.05) is 32.1 Å². The van der Waals surface area contributed by atoms with Crippen molar-refractivity contribution in [1.82, 2.24) is 4.90 Å². The first-order valence-electron chi connectivity index (χ1n) is 7.58. The number of hydrogen-bond donors (Lipinski definition) is 0. The molecule has 1 heterocycles. The van der Waals surface area contributed by atoms with Gasteiger partial charge in [0.1, 0.15) is 6.07 Å². The van der Waals surface area contributed by atoms with Gasteiger partial charge in [0.25, 0.3) is 5.91 Å². The smallest absolute Gasteiger partial charge is 0.266 e. The second-order valence-electron chi connectivity index (χ2n) is 4.77. The highest BCUT2D eigenvalue weighted by Gasteiger charge is 2.31. The third-order valence-electron chi connectivity index (χ3n) is 3.28. The fourth-order valence-corrected chi connectivity index (χ4v) is 3.30. The number of amidine groups is 1. The number of thioether (sulfide) groups is 1. The van der Waals surface area contributed by atoms with Gasteiger partial charge in [-0.25, -0.2) is 0 Å². The van der Waals surface area contributed by atoms with E-state index in [4.69, 9.17) is 14.7 Å². The predicted octanol–water partition coefficient (Wildman–Crippen LogP) is 2.91. The Kier molecular flexibility index (Phi) is 6.27. The van der Waals surface area contributed by atoms with Gasteiger partial charge in [0.15, 0.2) is 23.3 Å². The van der Waals surface area contributed by atoms with Crippen LogP contribution in [0.5, 0.6) is 11.5 Å². The summed E-state index contributed by atoms with van der Waals surface area (Å²) in [6.45, 7) is 5.05. The summed E-state index contributed by atoms with van der Waals surface area (Å²) in [5.74, 6) is 0.971. The van der Waals surface area contributed by atoms with Crippen molar-refractivity contribution in [2.75, 3.05) is 26.8 Å². The highest BCUT2D eigenvalue weighted by molar-refractivity contribution is 8.18. The number of carbonyl (C=O) groups is 1. The Hall–Kier alpha value is -2.46. The molecule has 2 rings (SSSR count).